The summed E-state index contributed by atoms with van der Waals surface area (Å²) in [5.74, 6) is 0.922. The molecule has 0 amide bonds. The first-order valence-electron chi connectivity index (χ1n) is 7.20. The molecule has 1 fully saturated rings. The fourth-order valence-corrected chi connectivity index (χ4v) is 2.71. The summed E-state index contributed by atoms with van der Waals surface area (Å²) < 4.78 is 0. The van der Waals surface area contributed by atoms with Crippen LogP contribution in [0.2, 0.25) is 0 Å². The minimum absolute atomic E-state index is 0.376. The van der Waals surface area contributed by atoms with Crippen molar-refractivity contribution in [3.63, 3.8) is 0 Å². The second-order valence-electron chi connectivity index (χ2n) is 6.02. The largest absolute Gasteiger partial charge is 0.328 e. The molecule has 0 aromatic heterocycles. The average Bonchev–Trinajstić information content (AvgIpc) is 2.25. The summed E-state index contributed by atoms with van der Waals surface area (Å²) in [7, 11) is 4.36. The van der Waals surface area contributed by atoms with Crippen molar-refractivity contribution in [1.29, 1.82) is 0 Å². The van der Waals surface area contributed by atoms with Crippen molar-refractivity contribution in [2.24, 2.45) is 11.7 Å². The molecule has 0 radical (unpaired) electrons. The van der Waals surface area contributed by atoms with Gasteiger partial charge >= 0.3 is 0 Å². The summed E-state index contributed by atoms with van der Waals surface area (Å²) in [6.45, 7) is 7.25. The topological polar surface area (TPSA) is 32.5 Å². The maximum Gasteiger partial charge on any atom is 0.00104 e. The van der Waals surface area contributed by atoms with Crippen molar-refractivity contribution in [3.8, 4) is 0 Å². The number of unbranched alkanes of at least 4 members (excludes halogenated alkanes) is 1. The van der Waals surface area contributed by atoms with E-state index in [2.05, 4.69) is 30.8 Å². The zero-order chi connectivity index (χ0) is 12.7. The molecule has 2 N–H and O–H groups in total. The van der Waals surface area contributed by atoms with E-state index in [1.807, 2.05) is 0 Å². The number of hydrogen-bond acceptors (Lipinski definition) is 3. The molecule has 1 aliphatic heterocycles. The molecule has 102 valence electrons. The van der Waals surface area contributed by atoms with Crippen LogP contribution < -0.4 is 5.73 Å². The van der Waals surface area contributed by atoms with Crippen LogP contribution >= 0.6 is 0 Å². The fourth-order valence-electron chi connectivity index (χ4n) is 2.71. The Labute approximate surface area is 107 Å². The lowest BCUT2D eigenvalue weighted by atomic mass is 9.96. The summed E-state index contributed by atoms with van der Waals surface area (Å²) in [4.78, 5) is 4.95. The van der Waals surface area contributed by atoms with Gasteiger partial charge in [0.25, 0.3) is 0 Å². The van der Waals surface area contributed by atoms with Gasteiger partial charge < -0.3 is 15.5 Å². The van der Waals surface area contributed by atoms with E-state index in [4.69, 9.17) is 5.73 Å². The van der Waals surface area contributed by atoms with E-state index in [-0.39, 0.29) is 0 Å². The molecule has 0 spiro atoms. The number of nitrogens with zero attached hydrogens (tertiary/aromatic N) is 2. The molecule has 0 saturated carbocycles. The van der Waals surface area contributed by atoms with Crippen LogP contribution in [0.25, 0.3) is 0 Å². The Morgan fingerprint density at radius 1 is 1.24 bits per heavy atom. The molecular weight excluding hydrogens is 210 g/mol. The molecule has 1 aliphatic rings. The van der Waals surface area contributed by atoms with Crippen LogP contribution in [0.3, 0.4) is 0 Å². The second kappa shape index (κ2) is 8.06. The minimum atomic E-state index is 0.376. The van der Waals surface area contributed by atoms with E-state index in [9.17, 15) is 0 Å². The van der Waals surface area contributed by atoms with Crippen LogP contribution in [-0.2, 0) is 0 Å². The zero-order valence-electron chi connectivity index (χ0n) is 12.0. The highest BCUT2D eigenvalue weighted by Crippen LogP contribution is 2.18. The van der Waals surface area contributed by atoms with Gasteiger partial charge in [0.2, 0.25) is 0 Å². The van der Waals surface area contributed by atoms with Crippen LogP contribution in [-0.4, -0.2) is 56.1 Å². The summed E-state index contributed by atoms with van der Waals surface area (Å²) >= 11 is 0. The highest BCUT2D eigenvalue weighted by atomic mass is 15.1. The third kappa shape index (κ3) is 7.02. The smallest absolute Gasteiger partial charge is 0.00104 e. The molecule has 3 heteroatoms. The lowest BCUT2D eigenvalue weighted by molar-refractivity contribution is 0.160. The molecule has 1 saturated heterocycles. The molecule has 0 aliphatic carbocycles. The summed E-state index contributed by atoms with van der Waals surface area (Å²) in [5, 5.41) is 0. The van der Waals surface area contributed by atoms with Gasteiger partial charge in [-0.05, 0) is 72.3 Å². The Morgan fingerprint density at radius 2 is 1.88 bits per heavy atom. The Kier molecular flexibility index (Phi) is 7.09. The lowest BCUT2D eigenvalue weighted by Crippen LogP contribution is -2.37. The molecule has 1 heterocycles. The minimum Gasteiger partial charge on any atom is -0.328 e. The molecule has 0 aromatic carbocycles. The molecule has 1 rings (SSSR count). The van der Waals surface area contributed by atoms with Crippen molar-refractivity contribution in [3.05, 3.63) is 0 Å². The Morgan fingerprint density at radius 3 is 2.41 bits per heavy atom. The summed E-state index contributed by atoms with van der Waals surface area (Å²) in [6, 6.07) is 0.376. The van der Waals surface area contributed by atoms with E-state index in [1.165, 1.54) is 58.3 Å². The van der Waals surface area contributed by atoms with Gasteiger partial charge in [0.15, 0.2) is 0 Å². The van der Waals surface area contributed by atoms with E-state index < -0.39 is 0 Å². The highest BCUT2D eigenvalue weighted by Gasteiger charge is 2.18. The number of rotatable bonds is 7. The predicted molar refractivity (Wildman–Crippen MR) is 75.2 cm³/mol. The van der Waals surface area contributed by atoms with Crippen molar-refractivity contribution < 1.29 is 0 Å². The van der Waals surface area contributed by atoms with E-state index in [0.717, 1.165) is 5.92 Å². The third-order valence-electron chi connectivity index (χ3n) is 3.71. The van der Waals surface area contributed by atoms with E-state index in [1.54, 1.807) is 0 Å². The third-order valence-corrected chi connectivity index (χ3v) is 3.71. The summed E-state index contributed by atoms with van der Waals surface area (Å²) in [5.41, 5.74) is 5.76. The standard InChI is InChI=1S/C14H31N3/c1-13(15)6-4-5-9-17-10-7-14(8-11-17)12-16(2)3/h13-14H,4-12,15H2,1-3H3. The molecular formula is C14H31N3. The maximum absolute atomic E-state index is 5.76. The maximum atomic E-state index is 5.76. The first-order chi connectivity index (χ1) is 8.08. The Bertz CT molecular complexity index is 181. The van der Waals surface area contributed by atoms with E-state index in [0.29, 0.717) is 6.04 Å². The van der Waals surface area contributed by atoms with E-state index >= 15 is 0 Å². The van der Waals surface area contributed by atoms with Gasteiger partial charge in [-0.3, -0.25) is 0 Å². The van der Waals surface area contributed by atoms with Crippen LogP contribution in [0, 0.1) is 5.92 Å². The zero-order valence-corrected chi connectivity index (χ0v) is 12.0. The van der Waals surface area contributed by atoms with Crippen LogP contribution in [0.15, 0.2) is 0 Å². The Balaban J connectivity index is 2.03. The molecule has 1 unspecified atom stereocenters. The van der Waals surface area contributed by atoms with Gasteiger partial charge in [0, 0.05) is 12.6 Å². The number of likely N-dealkylation sites (tertiary alicyclic amines) is 1. The van der Waals surface area contributed by atoms with Gasteiger partial charge in [-0.25, -0.2) is 0 Å². The van der Waals surface area contributed by atoms with Crippen molar-refractivity contribution in [2.75, 3.05) is 40.3 Å². The van der Waals surface area contributed by atoms with Crippen molar-refractivity contribution in [1.82, 2.24) is 9.80 Å². The molecule has 0 aromatic rings. The van der Waals surface area contributed by atoms with Gasteiger partial charge in [-0.15, -0.1) is 0 Å². The van der Waals surface area contributed by atoms with Crippen LogP contribution in [0.1, 0.15) is 39.0 Å². The number of nitrogens with two attached hydrogens (primary N) is 1. The monoisotopic (exact) mass is 241 g/mol. The first kappa shape index (κ1) is 14.9. The normalized spacial score (nSPS) is 21.0. The van der Waals surface area contributed by atoms with Gasteiger partial charge in [-0.1, -0.05) is 6.42 Å². The average molecular weight is 241 g/mol. The lowest BCUT2D eigenvalue weighted by Gasteiger charge is -2.33. The molecule has 3 nitrogen and oxygen atoms in total. The van der Waals surface area contributed by atoms with Gasteiger partial charge in [-0.2, -0.15) is 0 Å². The predicted octanol–water partition coefficient (Wildman–Crippen LogP) is 1.78. The first-order valence-corrected chi connectivity index (χ1v) is 7.20. The van der Waals surface area contributed by atoms with Crippen molar-refractivity contribution in [2.45, 2.75) is 45.1 Å². The molecule has 1 atom stereocenters. The Hall–Kier alpha value is -0.120. The second-order valence-corrected chi connectivity index (χ2v) is 6.02. The highest BCUT2D eigenvalue weighted by molar-refractivity contribution is 4.73. The molecule has 17 heavy (non-hydrogen) atoms. The van der Waals surface area contributed by atoms with Crippen LogP contribution in [0.5, 0.6) is 0 Å². The molecule has 0 bridgehead atoms. The van der Waals surface area contributed by atoms with Crippen LogP contribution in [0.4, 0.5) is 0 Å². The summed E-state index contributed by atoms with van der Waals surface area (Å²) in [6.07, 6.45) is 6.54. The van der Waals surface area contributed by atoms with Gasteiger partial charge in [0.05, 0.1) is 0 Å². The SMILES string of the molecule is CC(N)CCCCN1CCC(CN(C)C)CC1. The fraction of sp³-hybridized carbons (Fsp3) is 1.00. The van der Waals surface area contributed by atoms with Crippen molar-refractivity contribution >= 4 is 0 Å². The number of piperidine rings is 1. The number of hydrogen-bond donors (Lipinski definition) is 1. The quantitative estimate of drug-likeness (QED) is 0.690. The van der Waals surface area contributed by atoms with Gasteiger partial charge in [0.1, 0.15) is 0 Å².